The third kappa shape index (κ3) is 4.79. The van der Waals surface area contributed by atoms with E-state index in [1.165, 1.54) is 5.56 Å². The number of carboxylic acids is 1. The van der Waals surface area contributed by atoms with Gasteiger partial charge in [0.25, 0.3) is 0 Å². The third-order valence-electron chi connectivity index (χ3n) is 6.14. The summed E-state index contributed by atoms with van der Waals surface area (Å²) < 4.78 is 7.43. The van der Waals surface area contributed by atoms with Crippen molar-refractivity contribution < 1.29 is 14.6 Å². The topological polar surface area (TPSA) is 80.5 Å². The molecular weight excluding hydrogens is 392 g/mol. The molecule has 1 saturated heterocycles. The Morgan fingerprint density at radius 2 is 1.97 bits per heavy atom. The number of ether oxygens (including phenoxy) is 1. The van der Waals surface area contributed by atoms with E-state index >= 15 is 0 Å². The van der Waals surface area contributed by atoms with Crippen molar-refractivity contribution >= 4 is 17.6 Å². The van der Waals surface area contributed by atoms with Gasteiger partial charge in [-0.05, 0) is 49.8 Å². The first-order valence-electron chi connectivity index (χ1n) is 10.2. The number of hydrogen-bond acceptors (Lipinski definition) is 5. The smallest absolute Gasteiger partial charge is 0.334 e. The van der Waals surface area contributed by atoms with Gasteiger partial charge in [0, 0.05) is 36.6 Å². The molecule has 0 amide bonds. The highest BCUT2D eigenvalue weighted by molar-refractivity contribution is 6.30. The number of benzene rings is 1. The Balaban J connectivity index is 1.44. The maximum atomic E-state index is 11.5. The number of carboxylic acid groups (broad SMARTS) is 1. The van der Waals surface area contributed by atoms with Crippen LogP contribution in [0.2, 0.25) is 5.02 Å². The van der Waals surface area contributed by atoms with Gasteiger partial charge in [0.2, 0.25) is 0 Å². The molecule has 1 saturated carbocycles. The zero-order valence-electron chi connectivity index (χ0n) is 16.6. The molecule has 2 heterocycles. The van der Waals surface area contributed by atoms with Gasteiger partial charge in [-0.25, -0.2) is 9.78 Å². The van der Waals surface area contributed by atoms with Gasteiger partial charge < -0.3 is 9.84 Å². The highest BCUT2D eigenvalue weighted by Crippen LogP contribution is 2.35. The molecule has 2 fully saturated rings. The van der Waals surface area contributed by atoms with Crippen LogP contribution in [0.4, 0.5) is 0 Å². The SMILES string of the molecule is Cn1cnc(C2CCC(N3C[C@H](C(=O)O)OC[C@@H]3Cc3ccc(Cl)cc3)CC2)n1. The number of hydrogen-bond donors (Lipinski definition) is 1. The fraction of sp³-hybridized carbons (Fsp3) is 0.571. The number of aryl methyl sites for hydroxylation is 1. The van der Waals surface area contributed by atoms with E-state index in [1.54, 1.807) is 11.0 Å². The minimum Gasteiger partial charge on any atom is -0.479 e. The Hall–Kier alpha value is -1.96. The maximum Gasteiger partial charge on any atom is 0.334 e. The van der Waals surface area contributed by atoms with Crippen LogP contribution in [0.1, 0.15) is 43.0 Å². The van der Waals surface area contributed by atoms with E-state index in [0.29, 0.717) is 25.1 Å². The molecule has 2 aromatic rings. The Kier molecular flexibility index (Phi) is 6.18. The van der Waals surface area contributed by atoms with Crippen molar-refractivity contribution in [3.63, 3.8) is 0 Å². The van der Waals surface area contributed by atoms with Crippen molar-refractivity contribution in [3.05, 3.63) is 47.0 Å². The zero-order valence-corrected chi connectivity index (χ0v) is 17.3. The molecule has 1 N–H and O–H groups in total. The molecule has 1 aromatic carbocycles. The average Bonchev–Trinajstić information content (AvgIpc) is 3.16. The molecule has 7 nitrogen and oxygen atoms in total. The highest BCUT2D eigenvalue weighted by Gasteiger charge is 2.38. The van der Waals surface area contributed by atoms with E-state index in [-0.39, 0.29) is 6.04 Å². The van der Waals surface area contributed by atoms with E-state index in [2.05, 4.69) is 15.0 Å². The van der Waals surface area contributed by atoms with Gasteiger partial charge in [0.05, 0.1) is 6.61 Å². The summed E-state index contributed by atoms with van der Waals surface area (Å²) in [5.74, 6) is 0.429. The Morgan fingerprint density at radius 3 is 2.59 bits per heavy atom. The standard InChI is InChI=1S/C21H27ClN4O3/c1-25-13-23-20(24-25)15-4-8-17(9-5-15)26-11-19(21(27)28)29-12-18(26)10-14-2-6-16(22)7-3-14/h2-3,6-7,13,15,17-19H,4-5,8-12H2,1H3,(H,27,28)/t15?,17?,18-,19+/m0/s1. The second-order valence-electron chi connectivity index (χ2n) is 8.12. The number of carbonyl (C=O) groups is 1. The molecule has 2 atom stereocenters. The monoisotopic (exact) mass is 418 g/mol. The first-order chi connectivity index (χ1) is 14.0. The quantitative estimate of drug-likeness (QED) is 0.804. The summed E-state index contributed by atoms with van der Waals surface area (Å²) in [5.41, 5.74) is 1.19. The van der Waals surface area contributed by atoms with Crippen LogP contribution in [0, 0.1) is 0 Å². The first-order valence-corrected chi connectivity index (χ1v) is 10.6. The average molecular weight is 419 g/mol. The van der Waals surface area contributed by atoms with Gasteiger partial charge in [-0.3, -0.25) is 9.58 Å². The summed E-state index contributed by atoms with van der Waals surface area (Å²) in [6, 6.07) is 8.40. The second-order valence-corrected chi connectivity index (χ2v) is 8.56. The molecule has 8 heteroatoms. The van der Waals surface area contributed by atoms with Crippen molar-refractivity contribution in [2.24, 2.45) is 7.05 Å². The molecule has 0 radical (unpaired) electrons. The van der Waals surface area contributed by atoms with Gasteiger partial charge in [0.1, 0.15) is 6.33 Å². The second kappa shape index (κ2) is 8.81. The number of aliphatic carboxylic acids is 1. The van der Waals surface area contributed by atoms with Crippen LogP contribution in [0.15, 0.2) is 30.6 Å². The number of morpholine rings is 1. The van der Waals surface area contributed by atoms with Crippen LogP contribution in [-0.2, 0) is 23.0 Å². The Labute approximate surface area is 175 Å². The van der Waals surface area contributed by atoms with Crippen molar-refractivity contribution in [3.8, 4) is 0 Å². The fourth-order valence-corrected chi connectivity index (χ4v) is 4.72. The molecule has 2 aliphatic rings. The minimum atomic E-state index is -0.883. The van der Waals surface area contributed by atoms with E-state index in [4.69, 9.17) is 16.3 Å². The first kappa shape index (κ1) is 20.3. The van der Waals surface area contributed by atoms with E-state index in [0.717, 1.165) is 43.0 Å². The summed E-state index contributed by atoms with van der Waals surface area (Å²) in [5, 5.41) is 14.7. The molecular formula is C21H27ClN4O3. The number of nitrogens with zero attached hydrogens (tertiary/aromatic N) is 4. The van der Waals surface area contributed by atoms with Gasteiger partial charge >= 0.3 is 5.97 Å². The molecule has 1 aliphatic heterocycles. The highest BCUT2D eigenvalue weighted by atomic mass is 35.5. The van der Waals surface area contributed by atoms with Crippen LogP contribution in [-0.4, -0.2) is 62.1 Å². The van der Waals surface area contributed by atoms with Gasteiger partial charge in [-0.2, -0.15) is 5.10 Å². The Bertz CT molecular complexity index is 833. The lowest BCUT2D eigenvalue weighted by Gasteiger charge is -2.45. The summed E-state index contributed by atoms with van der Waals surface area (Å²) in [6.07, 6.45) is 5.91. The molecule has 0 spiro atoms. The van der Waals surface area contributed by atoms with Crippen molar-refractivity contribution in [1.29, 1.82) is 0 Å². The maximum absolute atomic E-state index is 11.5. The number of halogens is 1. The van der Waals surface area contributed by atoms with Crippen molar-refractivity contribution in [2.45, 2.75) is 56.2 Å². The van der Waals surface area contributed by atoms with Crippen molar-refractivity contribution in [1.82, 2.24) is 19.7 Å². The lowest BCUT2D eigenvalue weighted by Crippen LogP contribution is -2.57. The normalized spacial score (nSPS) is 28.3. The molecule has 156 valence electrons. The molecule has 0 bridgehead atoms. The molecule has 1 aromatic heterocycles. The predicted octanol–water partition coefficient (Wildman–Crippen LogP) is 2.89. The van der Waals surface area contributed by atoms with E-state index in [1.807, 2.05) is 31.3 Å². The Morgan fingerprint density at radius 1 is 1.24 bits per heavy atom. The lowest BCUT2D eigenvalue weighted by atomic mass is 9.83. The van der Waals surface area contributed by atoms with Crippen LogP contribution in [0.3, 0.4) is 0 Å². The van der Waals surface area contributed by atoms with Crippen LogP contribution in [0.5, 0.6) is 0 Å². The lowest BCUT2D eigenvalue weighted by molar-refractivity contribution is -0.162. The van der Waals surface area contributed by atoms with Crippen molar-refractivity contribution in [2.75, 3.05) is 13.2 Å². The minimum absolute atomic E-state index is 0.168. The fourth-order valence-electron chi connectivity index (χ4n) is 4.59. The van der Waals surface area contributed by atoms with E-state index in [9.17, 15) is 9.90 Å². The van der Waals surface area contributed by atoms with Gasteiger partial charge in [0.15, 0.2) is 11.9 Å². The van der Waals surface area contributed by atoms with Crippen LogP contribution >= 0.6 is 11.6 Å². The third-order valence-corrected chi connectivity index (χ3v) is 6.40. The summed E-state index contributed by atoms with van der Waals surface area (Å²) in [6.45, 7) is 0.867. The van der Waals surface area contributed by atoms with Gasteiger partial charge in [-0.1, -0.05) is 23.7 Å². The number of aromatic nitrogens is 3. The molecule has 1 aliphatic carbocycles. The van der Waals surface area contributed by atoms with E-state index < -0.39 is 12.1 Å². The van der Waals surface area contributed by atoms with Gasteiger partial charge in [-0.15, -0.1) is 0 Å². The molecule has 29 heavy (non-hydrogen) atoms. The summed E-state index contributed by atoms with van der Waals surface area (Å²) in [7, 11) is 1.89. The predicted molar refractivity (Wildman–Crippen MR) is 109 cm³/mol. The van der Waals surface area contributed by atoms with Crippen LogP contribution < -0.4 is 0 Å². The number of rotatable bonds is 5. The largest absolute Gasteiger partial charge is 0.479 e. The molecule has 4 rings (SSSR count). The van der Waals surface area contributed by atoms with Crippen LogP contribution in [0.25, 0.3) is 0 Å². The summed E-state index contributed by atoms with van der Waals surface area (Å²) in [4.78, 5) is 18.3. The summed E-state index contributed by atoms with van der Waals surface area (Å²) >= 11 is 6.01. The zero-order chi connectivity index (χ0) is 20.4. The molecule has 0 unspecified atom stereocenters.